The molecule has 3 rings (SSSR count). The van der Waals surface area contributed by atoms with Gasteiger partial charge in [0.1, 0.15) is 13.2 Å². The minimum Gasteiger partial charge on any atom is -0.486 e. The second-order valence-electron chi connectivity index (χ2n) is 6.75. The summed E-state index contributed by atoms with van der Waals surface area (Å²) in [6, 6.07) is 5.86. The molecule has 1 fully saturated rings. The molecule has 2 aliphatic heterocycles. The summed E-state index contributed by atoms with van der Waals surface area (Å²) in [7, 11) is 0. The number of benzene rings is 1. The van der Waals surface area contributed by atoms with E-state index in [1.165, 1.54) is 0 Å². The van der Waals surface area contributed by atoms with Crippen LogP contribution in [0.25, 0.3) is 0 Å². The fourth-order valence-electron chi connectivity index (χ4n) is 3.68. The molecule has 1 saturated heterocycles. The van der Waals surface area contributed by atoms with E-state index < -0.39 is 5.97 Å². The van der Waals surface area contributed by atoms with E-state index in [1.807, 2.05) is 30.0 Å². The minimum absolute atomic E-state index is 0. The van der Waals surface area contributed by atoms with Crippen LogP contribution in [0.2, 0.25) is 0 Å². The number of hydrogen-bond donors (Lipinski definition) is 1. The number of likely N-dealkylation sites (tertiary alicyclic amines) is 1. The highest BCUT2D eigenvalue weighted by molar-refractivity contribution is 5.85. The first-order valence-corrected chi connectivity index (χ1v) is 9.21. The summed E-state index contributed by atoms with van der Waals surface area (Å²) in [4.78, 5) is 27.4. The smallest absolute Gasteiger partial charge is 0.317 e. The maximum Gasteiger partial charge on any atom is 0.317 e. The van der Waals surface area contributed by atoms with Crippen LogP contribution in [-0.2, 0) is 9.59 Å². The average molecular weight is 399 g/mol. The highest BCUT2D eigenvalue weighted by atomic mass is 35.5. The lowest BCUT2D eigenvalue weighted by atomic mass is 10.0. The molecule has 1 aromatic carbocycles. The molecule has 0 saturated carbocycles. The van der Waals surface area contributed by atoms with E-state index in [0.717, 1.165) is 36.3 Å². The third-order valence-corrected chi connectivity index (χ3v) is 4.78. The number of carbonyl (C=O) groups excluding carboxylic acids is 1. The van der Waals surface area contributed by atoms with Crippen molar-refractivity contribution in [2.45, 2.75) is 32.2 Å². The van der Waals surface area contributed by atoms with Gasteiger partial charge in [-0.1, -0.05) is 13.0 Å². The van der Waals surface area contributed by atoms with Crippen LogP contribution in [0.1, 0.15) is 37.8 Å². The van der Waals surface area contributed by atoms with Crippen molar-refractivity contribution < 1.29 is 24.2 Å². The standard InChI is InChI=1S/C19H26N2O5.ClH/c1-2-7-20(13-19(23)24)12-18(22)21-8-3-4-15(21)14-5-6-16-17(11-14)26-10-9-25-16;/h5-6,11,15H,2-4,7-10,12-13H2,1H3,(H,23,24);1H. The first-order chi connectivity index (χ1) is 12.6. The van der Waals surface area contributed by atoms with Gasteiger partial charge in [-0.2, -0.15) is 0 Å². The largest absolute Gasteiger partial charge is 0.486 e. The summed E-state index contributed by atoms with van der Waals surface area (Å²) in [5, 5.41) is 9.04. The van der Waals surface area contributed by atoms with Crippen LogP contribution in [0.5, 0.6) is 11.5 Å². The van der Waals surface area contributed by atoms with Gasteiger partial charge in [0.2, 0.25) is 5.91 Å². The average Bonchev–Trinajstić information content (AvgIpc) is 3.11. The number of carboxylic acid groups (broad SMARTS) is 1. The van der Waals surface area contributed by atoms with Crippen LogP contribution in [0.4, 0.5) is 0 Å². The SMILES string of the molecule is CCCN(CC(=O)O)CC(=O)N1CCCC1c1ccc2c(c1)OCCO2.Cl. The van der Waals surface area contributed by atoms with E-state index in [-0.39, 0.29) is 37.4 Å². The molecular weight excluding hydrogens is 372 g/mol. The number of ether oxygens (including phenoxy) is 2. The number of fused-ring (bicyclic) bond motifs is 1. The highest BCUT2D eigenvalue weighted by Gasteiger charge is 2.31. The molecular formula is C19H27ClN2O5. The van der Waals surface area contributed by atoms with E-state index in [2.05, 4.69) is 0 Å². The van der Waals surface area contributed by atoms with Crippen molar-refractivity contribution in [3.05, 3.63) is 23.8 Å². The Morgan fingerprint density at radius 3 is 2.67 bits per heavy atom. The Kier molecular flexibility index (Phi) is 7.74. The lowest BCUT2D eigenvalue weighted by Crippen LogP contribution is -2.42. The molecule has 0 spiro atoms. The minimum atomic E-state index is -0.906. The Morgan fingerprint density at radius 1 is 1.22 bits per heavy atom. The maximum atomic E-state index is 12.8. The van der Waals surface area contributed by atoms with Gasteiger partial charge in [-0.05, 0) is 43.5 Å². The number of aliphatic carboxylic acids is 1. The van der Waals surface area contributed by atoms with E-state index in [4.69, 9.17) is 14.6 Å². The van der Waals surface area contributed by atoms with Gasteiger partial charge in [-0.3, -0.25) is 14.5 Å². The summed E-state index contributed by atoms with van der Waals surface area (Å²) >= 11 is 0. The summed E-state index contributed by atoms with van der Waals surface area (Å²) < 4.78 is 11.2. The second-order valence-corrected chi connectivity index (χ2v) is 6.75. The van der Waals surface area contributed by atoms with Gasteiger partial charge in [0, 0.05) is 6.54 Å². The zero-order valence-corrected chi connectivity index (χ0v) is 16.4. The number of carbonyl (C=O) groups is 2. The molecule has 0 radical (unpaired) electrons. The van der Waals surface area contributed by atoms with Crippen LogP contribution in [0.15, 0.2) is 18.2 Å². The lowest BCUT2D eigenvalue weighted by molar-refractivity contribution is -0.140. The Labute approximate surface area is 165 Å². The normalized spacial score (nSPS) is 18.3. The Bertz CT molecular complexity index is 670. The lowest BCUT2D eigenvalue weighted by Gasteiger charge is -2.29. The molecule has 1 N–H and O–H groups in total. The highest BCUT2D eigenvalue weighted by Crippen LogP contribution is 2.38. The van der Waals surface area contributed by atoms with Crippen molar-refractivity contribution in [1.29, 1.82) is 0 Å². The first-order valence-electron chi connectivity index (χ1n) is 9.21. The van der Waals surface area contributed by atoms with Gasteiger partial charge in [-0.25, -0.2) is 0 Å². The van der Waals surface area contributed by atoms with E-state index in [1.54, 1.807) is 4.90 Å². The molecule has 27 heavy (non-hydrogen) atoms. The monoisotopic (exact) mass is 398 g/mol. The molecule has 0 aliphatic carbocycles. The summed E-state index contributed by atoms with van der Waals surface area (Å²) in [5.74, 6) is 0.547. The number of nitrogens with zero attached hydrogens (tertiary/aromatic N) is 2. The van der Waals surface area contributed by atoms with E-state index in [0.29, 0.717) is 26.3 Å². The molecule has 0 aromatic heterocycles. The number of hydrogen-bond acceptors (Lipinski definition) is 5. The predicted octanol–water partition coefficient (Wildman–Crippen LogP) is 2.34. The predicted molar refractivity (Wildman–Crippen MR) is 103 cm³/mol. The quantitative estimate of drug-likeness (QED) is 0.759. The van der Waals surface area contributed by atoms with Gasteiger partial charge in [0.05, 0.1) is 19.1 Å². The Morgan fingerprint density at radius 2 is 1.96 bits per heavy atom. The molecule has 2 aliphatic rings. The summed E-state index contributed by atoms with van der Waals surface area (Å²) in [6.07, 6.45) is 2.65. The maximum absolute atomic E-state index is 12.8. The third kappa shape index (κ3) is 5.26. The molecule has 2 heterocycles. The van der Waals surface area contributed by atoms with Gasteiger partial charge < -0.3 is 19.5 Å². The summed E-state index contributed by atoms with van der Waals surface area (Å²) in [5.41, 5.74) is 1.04. The molecule has 150 valence electrons. The van der Waals surface area contributed by atoms with Gasteiger partial charge in [-0.15, -0.1) is 12.4 Å². The van der Waals surface area contributed by atoms with E-state index >= 15 is 0 Å². The summed E-state index contributed by atoms with van der Waals surface area (Å²) in [6.45, 7) is 4.39. The number of carboxylic acids is 1. The number of rotatable bonds is 7. The van der Waals surface area contributed by atoms with Crippen molar-refractivity contribution in [3.8, 4) is 11.5 Å². The molecule has 8 heteroatoms. The Hall–Kier alpha value is -1.99. The van der Waals surface area contributed by atoms with Crippen molar-refractivity contribution in [2.24, 2.45) is 0 Å². The molecule has 1 amide bonds. The Balaban J connectivity index is 0.00000261. The van der Waals surface area contributed by atoms with Crippen molar-refractivity contribution in [1.82, 2.24) is 9.80 Å². The van der Waals surface area contributed by atoms with Gasteiger partial charge in [0.15, 0.2) is 11.5 Å². The number of halogens is 1. The molecule has 1 atom stereocenters. The zero-order chi connectivity index (χ0) is 18.5. The van der Waals surface area contributed by atoms with E-state index in [9.17, 15) is 9.59 Å². The zero-order valence-electron chi connectivity index (χ0n) is 15.6. The van der Waals surface area contributed by atoms with Crippen LogP contribution < -0.4 is 9.47 Å². The first kappa shape index (κ1) is 21.3. The fourth-order valence-corrected chi connectivity index (χ4v) is 3.68. The van der Waals surface area contributed by atoms with Gasteiger partial charge >= 0.3 is 5.97 Å². The van der Waals surface area contributed by atoms with Crippen molar-refractivity contribution in [2.75, 3.05) is 39.4 Å². The van der Waals surface area contributed by atoms with Crippen LogP contribution in [0.3, 0.4) is 0 Å². The molecule has 7 nitrogen and oxygen atoms in total. The molecule has 1 aromatic rings. The molecule has 1 unspecified atom stereocenters. The van der Waals surface area contributed by atoms with Gasteiger partial charge in [0.25, 0.3) is 0 Å². The fraction of sp³-hybridized carbons (Fsp3) is 0.579. The molecule has 0 bridgehead atoms. The van der Waals surface area contributed by atoms with Crippen molar-refractivity contribution >= 4 is 24.3 Å². The van der Waals surface area contributed by atoms with Crippen LogP contribution in [-0.4, -0.2) is 66.2 Å². The third-order valence-electron chi connectivity index (χ3n) is 4.78. The van der Waals surface area contributed by atoms with Crippen LogP contribution >= 0.6 is 12.4 Å². The second kappa shape index (κ2) is 9.80. The number of amides is 1. The topological polar surface area (TPSA) is 79.3 Å². The van der Waals surface area contributed by atoms with Crippen LogP contribution in [0, 0.1) is 0 Å². The van der Waals surface area contributed by atoms with Crippen molar-refractivity contribution in [3.63, 3.8) is 0 Å².